The fourth-order valence-corrected chi connectivity index (χ4v) is 3.51. The van der Waals surface area contributed by atoms with Crippen molar-refractivity contribution in [2.45, 2.75) is 31.7 Å². The Morgan fingerprint density at radius 3 is 2.95 bits per heavy atom. The normalized spacial score (nSPS) is 24.4. The lowest BCUT2D eigenvalue weighted by Gasteiger charge is -2.42. The Bertz CT molecular complexity index is 566. The molecule has 3 rings (SSSR count). The fraction of sp³-hybridized carbons (Fsp3) is 0.600. The minimum atomic E-state index is 0.0834. The Morgan fingerprint density at radius 1 is 1.30 bits per heavy atom. The van der Waals surface area contributed by atoms with Gasteiger partial charge in [-0.1, -0.05) is 6.07 Å². The molecule has 1 aromatic heterocycles. The molecule has 3 heterocycles. The van der Waals surface area contributed by atoms with Crippen LogP contribution in [-0.4, -0.2) is 35.0 Å². The number of piperidine rings is 1. The van der Waals surface area contributed by atoms with Gasteiger partial charge in [0, 0.05) is 43.7 Å². The van der Waals surface area contributed by atoms with Crippen LogP contribution in [0.5, 0.6) is 0 Å². The number of likely N-dealkylation sites (tertiary alicyclic amines) is 1. The van der Waals surface area contributed by atoms with Crippen molar-refractivity contribution in [1.82, 2.24) is 9.47 Å². The lowest BCUT2D eigenvalue weighted by atomic mass is 9.83. The van der Waals surface area contributed by atoms with Crippen LogP contribution in [0.1, 0.15) is 30.9 Å². The van der Waals surface area contributed by atoms with Crippen molar-refractivity contribution in [3.05, 3.63) is 34.2 Å². The molecular weight excluding hydrogens is 254 g/mol. The molecule has 2 aliphatic rings. The number of carbonyl (C=O) groups excluding carboxylic acids is 1. The minimum absolute atomic E-state index is 0.0834. The van der Waals surface area contributed by atoms with E-state index in [-0.39, 0.29) is 11.5 Å². The molecule has 0 radical (unpaired) electrons. The van der Waals surface area contributed by atoms with Crippen molar-refractivity contribution in [3.63, 3.8) is 0 Å². The third-order valence-electron chi connectivity index (χ3n) is 4.43. The molecule has 1 saturated heterocycles. The second-order valence-corrected chi connectivity index (χ2v) is 5.89. The van der Waals surface area contributed by atoms with Gasteiger partial charge in [-0.3, -0.25) is 9.59 Å². The van der Waals surface area contributed by atoms with Crippen LogP contribution in [0.4, 0.5) is 0 Å². The van der Waals surface area contributed by atoms with E-state index in [0.29, 0.717) is 24.8 Å². The van der Waals surface area contributed by atoms with Gasteiger partial charge in [-0.05, 0) is 31.4 Å². The molecule has 5 nitrogen and oxygen atoms in total. The van der Waals surface area contributed by atoms with Gasteiger partial charge in [0.25, 0.3) is 5.56 Å². The Hall–Kier alpha value is -1.62. The molecule has 2 aliphatic heterocycles. The van der Waals surface area contributed by atoms with Crippen molar-refractivity contribution >= 4 is 5.91 Å². The van der Waals surface area contributed by atoms with E-state index in [0.717, 1.165) is 38.2 Å². The van der Waals surface area contributed by atoms with E-state index < -0.39 is 0 Å². The predicted octanol–water partition coefficient (Wildman–Crippen LogP) is 0.533. The van der Waals surface area contributed by atoms with Crippen molar-refractivity contribution in [3.8, 4) is 0 Å². The first-order valence-electron chi connectivity index (χ1n) is 7.36. The van der Waals surface area contributed by atoms with Crippen molar-refractivity contribution in [1.29, 1.82) is 0 Å². The van der Waals surface area contributed by atoms with Gasteiger partial charge in [-0.25, -0.2) is 0 Å². The Balaban J connectivity index is 1.80. The summed E-state index contributed by atoms with van der Waals surface area (Å²) in [7, 11) is 0. The first-order valence-corrected chi connectivity index (χ1v) is 7.36. The van der Waals surface area contributed by atoms with Crippen LogP contribution in [0.3, 0.4) is 0 Å². The summed E-state index contributed by atoms with van der Waals surface area (Å²) in [6, 6.07) is 5.47. The van der Waals surface area contributed by atoms with E-state index in [1.54, 1.807) is 6.07 Å². The number of carbonyl (C=O) groups is 1. The molecule has 2 N–H and O–H groups in total. The van der Waals surface area contributed by atoms with E-state index in [2.05, 4.69) is 0 Å². The Kier molecular flexibility index (Phi) is 3.61. The van der Waals surface area contributed by atoms with Gasteiger partial charge < -0.3 is 15.2 Å². The molecular formula is C15H21N3O2. The fourth-order valence-electron chi connectivity index (χ4n) is 3.51. The van der Waals surface area contributed by atoms with Crippen LogP contribution in [0.2, 0.25) is 0 Å². The van der Waals surface area contributed by atoms with E-state index >= 15 is 0 Å². The molecule has 0 aliphatic carbocycles. The average Bonchev–Trinajstić information content (AvgIpc) is 2.46. The molecule has 20 heavy (non-hydrogen) atoms. The number of pyridine rings is 1. The summed E-state index contributed by atoms with van der Waals surface area (Å²) >= 11 is 0. The maximum atomic E-state index is 12.2. The van der Waals surface area contributed by atoms with Gasteiger partial charge in [-0.2, -0.15) is 0 Å². The summed E-state index contributed by atoms with van der Waals surface area (Å²) in [6.07, 6.45) is 2.38. The standard InChI is InChI=1S/C15H21N3O2/c16-6-2-5-14(19)17-8-11-7-12(10-17)13-3-1-4-15(20)18(13)9-11/h1,3-4,11-12H,2,5-10,16H2. The van der Waals surface area contributed by atoms with Gasteiger partial charge in [0.05, 0.1) is 0 Å². The summed E-state index contributed by atoms with van der Waals surface area (Å²) in [5.74, 6) is 0.915. The second kappa shape index (κ2) is 5.40. The zero-order chi connectivity index (χ0) is 14.1. The molecule has 1 fully saturated rings. The summed E-state index contributed by atoms with van der Waals surface area (Å²) in [5, 5.41) is 0. The maximum absolute atomic E-state index is 12.2. The lowest BCUT2D eigenvalue weighted by Crippen LogP contribution is -2.49. The highest BCUT2D eigenvalue weighted by atomic mass is 16.2. The molecule has 2 bridgehead atoms. The summed E-state index contributed by atoms with van der Waals surface area (Å²) in [4.78, 5) is 26.1. The molecule has 2 atom stereocenters. The van der Waals surface area contributed by atoms with Crippen molar-refractivity contribution < 1.29 is 4.79 Å². The van der Waals surface area contributed by atoms with Crippen LogP contribution < -0.4 is 11.3 Å². The zero-order valence-corrected chi connectivity index (χ0v) is 11.6. The highest BCUT2D eigenvalue weighted by Crippen LogP contribution is 2.35. The number of nitrogens with two attached hydrogens (primary N) is 1. The highest BCUT2D eigenvalue weighted by Gasteiger charge is 2.35. The van der Waals surface area contributed by atoms with Crippen LogP contribution in [0.15, 0.2) is 23.0 Å². The molecule has 108 valence electrons. The average molecular weight is 275 g/mol. The summed E-state index contributed by atoms with van der Waals surface area (Å²) < 4.78 is 1.89. The molecule has 1 amide bonds. The number of hydrogen-bond acceptors (Lipinski definition) is 3. The number of hydrogen-bond donors (Lipinski definition) is 1. The van der Waals surface area contributed by atoms with Crippen molar-refractivity contribution in [2.75, 3.05) is 19.6 Å². The minimum Gasteiger partial charge on any atom is -0.342 e. The maximum Gasteiger partial charge on any atom is 0.250 e. The topological polar surface area (TPSA) is 68.3 Å². The molecule has 2 unspecified atom stereocenters. The Labute approximate surface area is 118 Å². The highest BCUT2D eigenvalue weighted by molar-refractivity contribution is 5.76. The van der Waals surface area contributed by atoms with E-state index in [1.165, 1.54) is 0 Å². The summed E-state index contributed by atoms with van der Waals surface area (Å²) in [6.45, 7) is 2.82. The zero-order valence-electron chi connectivity index (χ0n) is 11.6. The van der Waals surface area contributed by atoms with Crippen LogP contribution in [0.25, 0.3) is 0 Å². The van der Waals surface area contributed by atoms with E-state index in [1.807, 2.05) is 21.6 Å². The number of fused-ring (bicyclic) bond motifs is 4. The second-order valence-electron chi connectivity index (χ2n) is 5.89. The molecule has 1 aromatic rings. The SMILES string of the molecule is NCCCC(=O)N1CC2CC(C1)c1cccc(=O)n1C2. The number of rotatable bonds is 3. The number of aromatic nitrogens is 1. The molecule has 5 heteroatoms. The Morgan fingerprint density at radius 2 is 2.15 bits per heavy atom. The third kappa shape index (κ3) is 2.38. The van der Waals surface area contributed by atoms with Crippen LogP contribution in [-0.2, 0) is 11.3 Å². The van der Waals surface area contributed by atoms with Crippen LogP contribution >= 0.6 is 0 Å². The first-order chi connectivity index (χ1) is 9.69. The van der Waals surface area contributed by atoms with Gasteiger partial charge in [0.1, 0.15) is 0 Å². The van der Waals surface area contributed by atoms with E-state index in [4.69, 9.17) is 5.73 Å². The largest absolute Gasteiger partial charge is 0.342 e. The number of nitrogens with zero attached hydrogens (tertiary/aromatic N) is 2. The molecule has 0 spiro atoms. The van der Waals surface area contributed by atoms with E-state index in [9.17, 15) is 9.59 Å². The first kappa shape index (κ1) is 13.4. The summed E-state index contributed by atoms with van der Waals surface area (Å²) in [5.41, 5.74) is 6.64. The smallest absolute Gasteiger partial charge is 0.250 e. The van der Waals surface area contributed by atoms with Gasteiger partial charge >= 0.3 is 0 Å². The molecule has 0 aromatic carbocycles. The lowest BCUT2D eigenvalue weighted by molar-refractivity contribution is -0.134. The third-order valence-corrected chi connectivity index (χ3v) is 4.43. The van der Waals surface area contributed by atoms with Gasteiger partial charge in [-0.15, -0.1) is 0 Å². The predicted molar refractivity (Wildman–Crippen MR) is 76.4 cm³/mol. The van der Waals surface area contributed by atoms with Gasteiger partial charge in [0.2, 0.25) is 5.91 Å². The van der Waals surface area contributed by atoms with Crippen LogP contribution in [0, 0.1) is 5.92 Å². The quantitative estimate of drug-likeness (QED) is 0.875. The van der Waals surface area contributed by atoms with Gasteiger partial charge in [0.15, 0.2) is 0 Å². The molecule has 0 saturated carbocycles. The van der Waals surface area contributed by atoms with Crippen molar-refractivity contribution in [2.24, 2.45) is 11.7 Å². The monoisotopic (exact) mass is 275 g/mol. The number of amides is 1.